The molecule has 1 saturated carbocycles. The standard InChI is InChI=1S/C25H37F2N7O/c1-2-34-13-7-10-21(34)16-28-23-31-24(29-19-8-5-3-4-6-9-19)33-25(32-23)30-20-11-12-22(35-17-27)18(14-20)15-26/h11-12,14,19,21H,2-10,13,15-17H2,1H3,(H3,28,29,30,31,32,33). The number of benzene rings is 1. The number of nitrogens with zero attached hydrogens (tertiary/aromatic N) is 4. The van der Waals surface area contributed by atoms with Gasteiger partial charge < -0.3 is 20.7 Å². The molecule has 0 amide bonds. The van der Waals surface area contributed by atoms with Gasteiger partial charge in [0.1, 0.15) is 12.4 Å². The maximum atomic E-state index is 13.5. The van der Waals surface area contributed by atoms with E-state index in [-0.39, 0.29) is 11.3 Å². The van der Waals surface area contributed by atoms with Crippen LogP contribution in [0.4, 0.5) is 32.3 Å². The summed E-state index contributed by atoms with van der Waals surface area (Å²) in [6.45, 7) is 3.34. The van der Waals surface area contributed by atoms with Gasteiger partial charge in [-0.25, -0.2) is 8.78 Å². The molecule has 8 nitrogen and oxygen atoms in total. The van der Waals surface area contributed by atoms with Crippen molar-refractivity contribution in [3.63, 3.8) is 0 Å². The van der Waals surface area contributed by atoms with Crippen molar-refractivity contribution in [3.8, 4) is 5.75 Å². The van der Waals surface area contributed by atoms with E-state index >= 15 is 0 Å². The number of aromatic nitrogens is 3. The molecule has 1 aliphatic heterocycles. The topological polar surface area (TPSA) is 87.2 Å². The first kappa shape index (κ1) is 25.3. The molecular formula is C25H37F2N7O. The van der Waals surface area contributed by atoms with Crippen LogP contribution in [0.5, 0.6) is 5.75 Å². The van der Waals surface area contributed by atoms with Crippen LogP contribution in [-0.4, -0.2) is 58.4 Å². The molecule has 0 radical (unpaired) electrons. The van der Waals surface area contributed by atoms with Crippen molar-refractivity contribution in [1.82, 2.24) is 19.9 Å². The second-order valence-electron chi connectivity index (χ2n) is 9.28. The number of likely N-dealkylation sites (N-methyl/N-ethyl adjacent to an activating group) is 1. The van der Waals surface area contributed by atoms with Gasteiger partial charge in [0, 0.05) is 29.9 Å². The van der Waals surface area contributed by atoms with Gasteiger partial charge in [-0.05, 0) is 57.0 Å². The number of alkyl halides is 2. The summed E-state index contributed by atoms with van der Waals surface area (Å²) >= 11 is 0. The molecule has 4 rings (SSSR count). The molecule has 2 fully saturated rings. The summed E-state index contributed by atoms with van der Waals surface area (Å²) < 4.78 is 30.9. The molecule has 1 atom stereocenters. The zero-order valence-electron chi connectivity index (χ0n) is 20.5. The van der Waals surface area contributed by atoms with Gasteiger partial charge in [0.25, 0.3) is 0 Å². The Balaban J connectivity index is 1.53. The Morgan fingerprint density at radius 2 is 1.74 bits per heavy atom. The molecule has 0 spiro atoms. The van der Waals surface area contributed by atoms with Crippen molar-refractivity contribution in [2.75, 3.05) is 42.4 Å². The van der Waals surface area contributed by atoms with Crippen LogP contribution < -0.4 is 20.7 Å². The first-order chi connectivity index (χ1) is 17.2. The Morgan fingerprint density at radius 1 is 0.971 bits per heavy atom. The Labute approximate surface area is 206 Å². The summed E-state index contributed by atoms with van der Waals surface area (Å²) in [6.07, 6.45) is 9.49. The molecule has 1 aliphatic carbocycles. The van der Waals surface area contributed by atoms with E-state index in [1.807, 2.05) is 0 Å². The van der Waals surface area contributed by atoms with Crippen molar-refractivity contribution >= 4 is 23.5 Å². The summed E-state index contributed by atoms with van der Waals surface area (Å²) in [4.78, 5) is 16.3. The third-order valence-corrected chi connectivity index (χ3v) is 6.90. The lowest BCUT2D eigenvalue weighted by Crippen LogP contribution is -2.35. The third kappa shape index (κ3) is 7.13. The minimum Gasteiger partial charge on any atom is -0.463 e. The Morgan fingerprint density at radius 3 is 2.49 bits per heavy atom. The molecule has 35 heavy (non-hydrogen) atoms. The van der Waals surface area contributed by atoms with Gasteiger partial charge in [-0.1, -0.05) is 32.6 Å². The lowest BCUT2D eigenvalue weighted by Gasteiger charge is -2.23. The van der Waals surface area contributed by atoms with Crippen molar-refractivity contribution in [3.05, 3.63) is 23.8 Å². The van der Waals surface area contributed by atoms with Crippen LogP contribution in [-0.2, 0) is 6.67 Å². The summed E-state index contributed by atoms with van der Waals surface area (Å²) in [5, 5.41) is 10.1. The average molecular weight is 490 g/mol. The van der Waals surface area contributed by atoms with Crippen molar-refractivity contribution in [2.24, 2.45) is 0 Å². The third-order valence-electron chi connectivity index (χ3n) is 6.90. The van der Waals surface area contributed by atoms with Gasteiger partial charge in [-0.2, -0.15) is 15.0 Å². The van der Waals surface area contributed by atoms with Gasteiger partial charge in [-0.15, -0.1) is 0 Å². The predicted molar refractivity (Wildman–Crippen MR) is 135 cm³/mol. The minimum absolute atomic E-state index is 0.186. The fraction of sp³-hybridized carbons (Fsp3) is 0.640. The number of halogens is 2. The molecule has 3 N–H and O–H groups in total. The van der Waals surface area contributed by atoms with Crippen LogP contribution >= 0.6 is 0 Å². The molecule has 2 heterocycles. The van der Waals surface area contributed by atoms with Crippen LogP contribution in [0.1, 0.15) is 63.9 Å². The molecule has 1 aromatic heterocycles. The van der Waals surface area contributed by atoms with Crippen LogP contribution in [0, 0.1) is 0 Å². The SMILES string of the molecule is CCN1CCCC1CNc1nc(Nc2ccc(OCF)c(CF)c2)nc(NC2CCCCCC2)n1. The zero-order chi connectivity index (χ0) is 24.5. The van der Waals surface area contributed by atoms with Crippen LogP contribution in [0.25, 0.3) is 0 Å². The van der Waals surface area contributed by atoms with Gasteiger partial charge >= 0.3 is 0 Å². The highest BCUT2D eigenvalue weighted by atomic mass is 19.1. The lowest BCUT2D eigenvalue weighted by molar-refractivity contribution is 0.188. The Bertz CT molecular complexity index is 940. The Kier molecular flexibility index (Phi) is 9.28. The summed E-state index contributed by atoms with van der Waals surface area (Å²) in [7, 11) is 0. The number of rotatable bonds is 11. The van der Waals surface area contributed by atoms with E-state index in [1.165, 1.54) is 32.1 Å². The molecule has 192 valence electrons. The van der Waals surface area contributed by atoms with E-state index < -0.39 is 13.5 Å². The molecule has 10 heteroatoms. The van der Waals surface area contributed by atoms with E-state index in [0.29, 0.717) is 35.6 Å². The first-order valence-corrected chi connectivity index (χ1v) is 12.8. The second kappa shape index (κ2) is 12.8. The predicted octanol–water partition coefficient (Wildman–Crippen LogP) is 5.42. The zero-order valence-corrected chi connectivity index (χ0v) is 20.5. The number of hydrogen-bond donors (Lipinski definition) is 3. The number of anilines is 4. The summed E-state index contributed by atoms with van der Waals surface area (Å²) in [6, 6.07) is 5.61. The summed E-state index contributed by atoms with van der Waals surface area (Å²) in [5.74, 6) is 1.58. The molecule has 1 saturated heterocycles. The molecule has 2 aliphatic rings. The minimum atomic E-state index is -1.01. The second-order valence-corrected chi connectivity index (χ2v) is 9.28. The fourth-order valence-electron chi connectivity index (χ4n) is 5.02. The molecular weight excluding hydrogens is 452 g/mol. The highest BCUT2D eigenvalue weighted by Gasteiger charge is 2.23. The van der Waals surface area contributed by atoms with Gasteiger partial charge in [0.2, 0.25) is 24.7 Å². The Hall–Kier alpha value is -2.75. The highest BCUT2D eigenvalue weighted by molar-refractivity contribution is 5.59. The smallest absolute Gasteiger partial charge is 0.233 e. The number of hydrogen-bond acceptors (Lipinski definition) is 8. The van der Waals surface area contributed by atoms with Crippen molar-refractivity contribution in [1.29, 1.82) is 0 Å². The highest BCUT2D eigenvalue weighted by Crippen LogP contribution is 2.27. The maximum Gasteiger partial charge on any atom is 0.233 e. The first-order valence-electron chi connectivity index (χ1n) is 12.8. The van der Waals surface area contributed by atoms with Crippen molar-refractivity contribution < 1.29 is 13.5 Å². The largest absolute Gasteiger partial charge is 0.463 e. The van der Waals surface area contributed by atoms with Gasteiger partial charge in [-0.3, -0.25) is 4.90 Å². The van der Waals surface area contributed by atoms with E-state index in [4.69, 9.17) is 4.74 Å². The van der Waals surface area contributed by atoms with Crippen molar-refractivity contribution in [2.45, 2.75) is 77.0 Å². The van der Waals surface area contributed by atoms with E-state index in [9.17, 15) is 8.78 Å². The molecule has 1 unspecified atom stereocenters. The van der Waals surface area contributed by atoms with Crippen LogP contribution in [0.3, 0.4) is 0 Å². The normalized spacial score (nSPS) is 19.3. The number of likely N-dealkylation sites (tertiary alicyclic amines) is 1. The van der Waals surface area contributed by atoms with Crippen LogP contribution in [0.2, 0.25) is 0 Å². The monoisotopic (exact) mass is 489 g/mol. The van der Waals surface area contributed by atoms with E-state index in [2.05, 4.69) is 42.7 Å². The van der Waals surface area contributed by atoms with E-state index in [0.717, 1.165) is 38.9 Å². The quantitative estimate of drug-likeness (QED) is 0.361. The maximum absolute atomic E-state index is 13.5. The van der Waals surface area contributed by atoms with E-state index in [1.54, 1.807) is 18.2 Å². The molecule has 2 aromatic rings. The van der Waals surface area contributed by atoms with Gasteiger partial charge in [0.05, 0.1) is 0 Å². The van der Waals surface area contributed by atoms with Crippen LogP contribution in [0.15, 0.2) is 18.2 Å². The molecule has 1 aromatic carbocycles. The van der Waals surface area contributed by atoms with Gasteiger partial charge in [0.15, 0.2) is 0 Å². The number of ether oxygens (including phenoxy) is 1. The average Bonchev–Trinajstić information content (AvgIpc) is 3.18. The summed E-state index contributed by atoms with van der Waals surface area (Å²) in [5.41, 5.74) is 0.854. The molecule has 0 bridgehead atoms. The fourth-order valence-corrected chi connectivity index (χ4v) is 5.02. The lowest BCUT2D eigenvalue weighted by atomic mass is 10.1. The number of nitrogens with one attached hydrogen (secondary N) is 3.